The maximum atomic E-state index is 13.8. The molecule has 0 aliphatic heterocycles. The molecule has 18 heavy (non-hydrogen) atoms. The van der Waals surface area contributed by atoms with E-state index in [4.69, 9.17) is 5.26 Å². The first kappa shape index (κ1) is 13.4. The molecule has 0 radical (unpaired) electrons. The Labute approximate surface area is 112 Å². The number of hydrogen-bond acceptors (Lipinski definition) is 3. The Bertz CT molecular complexity index is 456. The van der Waals surface area contributed by atoms with Gasteiger partial charge in [0.05, 0.1) is 5.56 Å². The van der Waals surface area contributed by atoms with Gasteiger partial charge in [-0.25, -0.2) is 4.39 Å². The van der Waals surface area contributed by atoms with Crippen molar-refractivity contribution in [3.63, 3.8) is 0 Å². The highest BCUT2D eigenvalue weighted by molar-refractivity contribution is 7.99. The van der Waals surface area contributed by atoms with Crippen molar-refractivity contribution in [3.05, 3.63) is 35.1 Å². The molecule has 1 aromatic rings. The average Bonchev–Trinajstić information content (AvgIpc) is 2.85. The number of nitriles is 1. The molecular formula is C14H17FN2S. The summed E-state index contributed by atoms with van der Waals surface area (Å²) >= 11 is 1.91. The number of rotatable bonds is 4. The molecule has 4 heteroatoms. The molecule has 0 aromatic heterocycles. The smallest absolute Gasteiger partial charge is 0.145 e. The van der Waals surface area contributed by atoms with Crippen LogP contribution >= 0.6 is 11.8 Å². The Hall–Kier alpha value is -1.05. The van der Waals surface area contributed by atoms with E-state index in [0.717, 1.165) is 18.1 Å². The van der Waals surface area contributed by atoms with Crippen LogP contribution in [0.1, 0.15) is 30.4 Å². The van der Waals surface area contributed by atoms with E-state index < -0.39 is 0 Å². The summed E-state index contributed by atoms with van der Waals surface area (Å²) in [6.07, 6.45) is 5.69. The average molecular weight is 264 g/mol. The molecule has 2 rings (SSSR count). The highest BCUT2D eigenvalue weighted by Crippen LogP contribution is 2.28. The van der Waals surface area contributed by atoms with Gasteiger partial charge in [-0.3, -0.25) is 0 Å². The standard InChI is InChI=1S/C14H17FN2S/c1-18-13-6-5-12(7-13)17-9-11-4-2-3-10(8-16)14(11)15/h2-4,12-13,17H,5-7,9H2,1H3. The fourth-order valence-corrected chi connectivity index (χ4v) is 3.19. The second-order valence-electron chi connectivity index (χ2n) is 4.64. The van der Waals surface area contributed by atoms with E-state index in [9.17, 15) is 4.39 Å². The normalized spacial score (nSPS) is 22.9. The fourth-order valence-electron chi connectivity index (χ4n) is 2.40. The fraction of sp³-hybridized carbons (Fsp3) is 0.500. The second kappa shape index (κ2) is 6.21. The van der Waals surface area contributed by atoms with Crippen LogP contribution in [0, 0.1) is 17.1 Å². The zero-order valence-corrected chi connectivity index (χ0v) is 11.3. The highest BCUT2D eigenvalue weighted by Gasteiger charge is 2.23. The van der Waals surface area contributed by atoms with E-state index in [1.807, 2.05) is 17.8 Å². The van der Waals surface area contributed by atoms with E-state index >= 15 is 0 Å². The van der Waals surface area contributed by atoms with Gasteiger partial charge in [0.2, 0.25) is 0 Å². The lowest BCUT2D eigenvalue weighted by Crippen LogP contribution is -2.26. The lowest BCUT2D eigenvalue weighted by molar-refractivity contribution is 0.509. The first-order valence-corrected chi connectivity index (χ1v) is 7.47. The van der Waals surface area contributed by atoms with Crippen LogP contribution in [0.2, 0.25) is 0 Å². The minimum absolute atomic E-state index is 0.128. The highest BCUT2D eigenvalue weighted by atomic mass is 32.2. The molecule has 1 saturated carbocycles. The van der Waals surface area contributed by atoms with Crippen LogP contribution in [0.3, 0.4) is 0 Å². The molecule has 1 aliphatic rings. The van der Waals surface area contributed by atoms with Gasteiger partial charge in [-0.15, -0.1) is 0 Å². The largest absolute Gasteiger partial charge is 0.310 e. The molecule has 0 heterocycles. The van der Waals surface area contributed by atoms with Crippen molar-refractivity contribution in [3.8, 4) is 6.07 Å². The van der Waals surface area contributed by atoms with Gasteiger partial charge in [0.1, 0.15) is 11.9 Å². The molecule has 96 valence electrons. The molecule has 0 bridgehead atoms. The molecule has 0 saturated heterocycles. The maximum absolute atomic E-state index is 13.8. The Morgan fingerprint density at radius 1 is 1.50 bits per heavy atom. The number of halogens is 1. The van der Waals surface area contributed by atoms with Crippen molar-refractivity contribution in [2.24, 2.45) is 0 Å². The van der Waals surface area contributed by atoms with Gasteiger partial charge in [0, 0.05) is 23.4 Å². The molecule has 2 unspecified atom stereocenters. The molecule has 0 amide bonds. The lowest BCUT2D eigenvalue weighted by Gasteiger charge is -2.13. The maximum Gasteiger partial charge on any atom is 0.145 e. The molecule has 2 nitrogen and oxygen atoms in total. The zero-order valence-electron chi connectivity index (χ0n) is 10.4. The third-order valence-corrected chi connectivity index (χ3v) is 4.59. The first-order valence-electron chi connectivity index (χ1n) is 6.18. The van der Waals surface area contributed by atoms with Gasteiger partial charge in [0.25, 0.3) is 0 Å². The van der Waals surface area contributed by atoms with Crippen LogP contribution in [-0.2, 0) is 6.54 Å². The van der Waals surface area contributed by atoms with Gasteiger partial charge >= 0.3 is 0 Å². The van der Waals surface area contributed by atoms with Crippen LogP contribution in [-0.4, -0.2) is 17.5 Å². The van der Waals surface area contributed by atoms with E-state index in [1.54, 1.807) is 12.1 Å². The summed E-state index contributed by atoms with van der Waals surface area (Å²) < 4.78 is 13.8. The summed E-state index contributed by atoms with van der Waals surface area (Å²) in [4.78, 5) is 0. The van der Waals surface area contributed by atoms with Gasteiger partial charge < -0.3 is 5.32 Å². The van der Waals surface area contributed by atoms with Gasteiger partial charge in [0.15, 0.2) is 0 Å². The number of nitrogens with one attached hydrogen (secondary N) is 1. The van der Waals surface area contributed by atoms with Crippen LogP contribution in [0.5, 0.6) is 0 Å². The van der Waals surface area contributed by atoms with Gasteiger partial charge in [-0.05, 0) is 31.6 Å². The van der Waals surface area contributed by atoms with Crippen LogP contribution in [0.15, 0.2) is 18.2 Å². The van der Waals surface area contributed by atoms with E-state index in [0.29, 0.717) is 18.2 Å². The quantitative estimate of drug-likeness (QED) is 0.908. The minimum atomic E-state index is -0.382. The topological polar surface area (TPSA) is 35.8 Å². The number of benzene rings is 1. The number of nitrogens with zero attached hydrogens (tertiary/aromatic N) is 1. The second-order valence-corrected chi connectivity index (χ2v) is 5.78. The van der Waals surface area contributed by atoms with Crippen molar-refractivity contribution in [2.75, 3.05) is 6.26 Å². The Morgan fingerprint density at radius 2 is 2.33 bits per heavy atom. The Kier molecular flexibility index (Phi) is 4.62. The molecule has 2 atom stereocenters. The van der Waals surface area contributed by atoms with Crippen LogP contribution in [0.25, 0.3) is 0 Å². The minimum Gasteiger partial charge on any atom is -0.310 e. The predicted octanol–water partition coefficient (Wildman–Crippen LogP) is 3.07. The van der Waals surface area contributed by atoms with E-state index in [1.165, 1.54) is 12.5 Å². The van der Waals surface area contributed by atoms with Crippen molar-refractivity contribution in [1.82, 2.24) is 5.32 Å². The Balaban J connectivity index is 1.93. The summed E-state index contributed by atoms with van der Waals surface area (Å²) in [6, 6.07) is 7.34. The Morgan fingerprint density at radius 3 is 3.00 bits per heavy atom. The summed E-state index contributed by atoms with van der Waals surface area (Å²) in [7, 11) is 0. The third kappa shape index (κ3) is 3.04. The summed E-state index contributed by atoms with van der Waals surface area (Å²) in [6.45, 7) is 0.507. The van der Waals surface area contributed by atoms with Crippen molar-refractivity contribution < 1.29 is 4.39 Å². The van der Waals surface area contributed by atoms with Crippen LogP contribution in [0.4, 0.5) is 4.39 Å². The third-order valence-electron chi connectivity index (χ3n) is 3.50. The lowest BCUT2D eigenvalue weighted by atomic mass is 10.1. The predicted molar refractivity (Wildman–Crippen MR) is 72.9 cm³/mol. The monoisotopic (exact) mass is 264 g/mol. The molecular weight excluding hydrogens is 247 g/mol. The van der Waals surface area contributed by atoms with Crippen LogP contribution < -0.4 is 5.32 Å². The molecule has 1 fully saturated rings. The number of thioether (sulfide) groups is 1. The summed E-state index contributed by atoms with van der Waals surface area (Å²) in [5.74, 6) is -0.382. The zero-order chi connectivity index (χ0) is 13.0. The van der Waals surface area contributed by atoms with Crippen molar-refractivity contribution in [1.29, 1.82) is 5.26 Å². The first-order chi connectivity index (χ1) is 8.74. The van der Waals surface area contributed by atoms with E-state index in [2.05, 4.69) is 11.6 Å². The summed E-state index contributed by atoms with van der Waals surface area (Å²) in [5.41, 5.74) is 0.712. The molecule has 1 aromatic carbocycles. The summed E-state index contributed by atoms with van der Waals surface area (Å²) in [5, 5.41) is 12.9. The van der Waals surface area contributed by atoms with Gasteiger partial charge in [-0.1, -0.05) is 12.1 Å². The van der Waals surface area contributed by atoms with Crippen molar-refractivity contribution >= 4 is 11.8 Å². The SMILES string of the molecule is CSC1CCC(NCc2cccc(C#N)c2F)C1. The molecule has 0 spiro atoms. The van der Waals surface area contributed by atoms with E-state index in [-0.39, 0.29) is 11.4 Å². The van der Waals surface area contributed by atoms with Crippen molar-refractivity contribution in [2.45, 2.75) is 37.1 Å². The van der Waals surface area contributed by atoms with Gasteiger partial charge in [-0.2, -0.15) is 17.0 Å². The molecule has 1 aliphatic carbocycles. The number of hydrogen-bond donors (Lipinski definition) is 1. The molecule has 1 N–H and O–H groups in total.